The second-order valence-corrected chi connectivity index (χ2v) is 4.10. The molecule has 0 saturated heterocycles. The molecule has 0 aliphatic heterocycles. The number of anilines is 1. The number of nitrogens with two attached hydrogens (primary N) is 1. The van der Waals surface area contributed by atoms with Gasteiger partial charge < -0.3 is 15.2 Å². The number of benzene rings is 1. The highest BCUT2D eigenvalue weighted by Gasteiger charge is 2.36. The molecule has 1 heterocycles. The molecule has 0 saturated carbocycles. The third-order valence-electron chi connectivity index (χ3n) is 2.08. The molecule has 2 N–H and O–H groups in total. The first kappa shape index (κ1) is 13.4. The van der Waals surface area contributed by atoms with E-state index < -0.39 is 12.0 Å². The molecular formula is C10H8F3N3O2S. The molecule has 1 aromatic heterocycles. The summed E-state index contributed by atoms with van der Waals surface area (Å²) < 4.78 is 50.2. The zero-order valence-electron chi connectivity index (χ0n) is 9.56. The number of halogens is 3. The number of ether oxygens (including phenoxy) is 2. The Bertz CT molecular complexity index is 586. The Kier molecular flexibility index (Phi) is 3.47. The number of nitrogens with zero attached hydrogens (tertiary/aromatic N) is 2. The minimum absolute atomic E-state index is 0.157. The number of rotatable bonds is 3. The van der Waals surface area contributed by atoms with Crippen LogP contribution in [-0.4, -0.2) is 16.5 Å². The van der Waals surface area contributed by atoms with Crippen LogP contribution >= 0.6 is 11.5 Å². The summed E-state index contributed by atoms with van der Waals surface area (Å²) in [7, 11) is 1.45. The van der Waals surface area contributed by atoms with Gasteiger partial charge in [0.05, 0.1) is 12.8 Å². The fourth-order valence-electron chi connectivity index (χ4n) is 1.19. The molecule has 5 nitrogen and oxygen atoms in total. The average molecular weight is 291 g/mol. The minimum atomic E-state index is -4.60. The molecule has 0 aliphatic rings. The Morgan fingerprint density at radius 3 is 2.63 bits per heavy atom. The van der Waals surface area contributed by atoms with E-state index in [1.165, 1.54) is 19.2 Å². The molecule has 9 heteroatoms. The fourth-order valence-corrected chi connectivity index (χ4v) is 1.75. The van der Waals surface area contributed by atoms with Gasteiger partial charge in [0.15, 0.2) is 5.75 Å². The van der Waals surface area contributed by atoms with Crippen LogP contribution in [0.2, 0.25) is 0 Å². The largest absolute Gasteiger partial charge is 0.497 e. The Balaban J connectivity index is 2.24. The molecule has 102 valence electrons. The standard InChI is InChI=1S/C10H8F3N3O2S/c1-17-5-2-3-6(14)7(4-5)18-9-15-8(16-19-9)10(11,12)13/h2-4H,14H2,1H3. The van der Waals surface area contributed by atoms with Crippen LogP contribution in [0.15, 0.2) is 18.2 Å². The number of alkyl halides is 3. The molecule has 1 aromatic carbocycles. The highest BCUT2D eigenvalue weighted by Crippen LogP contribution is 2.34. The van der Waals surface area contributed by atoms with Crippen LogP contribution in [0.3, 0.4) is 0 Å². The molecule has 2 rings (SSSR count). The number of methoxy groups -OCH3 is 1. The molecule has 2 aromatic rings. The van der Waals surface area contributed by atoms with Gasteiger partial charge in [-0.15, -0.1) is 0 Å². The first-order valence-electron chi connectivity index (χ1n) is 4.92. The van der Waals surface area contributed by atoms with Crippen molar-refractivity contribution >= 4 is 17.2 Å². The number of hydrogen-bond donors (Lipinski definition) is 1. The van der Waals surface area contributed by atoms with Crippen molar-refractivity contribution in [2.75, 3.05) is 12.8 Å². The van der Waals surface area contributed by atoms with Crippen LogP contribution in [0.5, 0.6) is 16.7 Å². The van der Waals surface area contributed by atoms with Crippen molar-refractivity contribution in [1.82, 2.24) is 9.36 Å². The van der Waals surface area contributed by atoms with E-state index in [4.69, 9.17) is 15.2 Å². The van der Waals surface area contributed by atoms with Gasteiger partial charge in [0, 0.05) is 17.6 Å². The van der Waals surface area contributed by atoms with E-state index in [2.05, 4.69) is 9.36 Å². The van der Waals surface area contributed by atoms with Crippen LogP contribution in [0.4, 0.5) is 18.9 Å². The summed E-state index contributed by atoms with van der Waals surface area (Å²) in [5.74, 6) is -0.622. The van der Waals surface area contributed by atoms with Crippen molar-refractivity contribution in [3.8, 4) is 16.7 Å². The van der Waals surface area contributed by atoms with E-state index in [1.54, 1.807) is 6.07 Å². The van der Waals surface area contributed by atoms with Gasteiger partial charge >= 0.3 is 6.18 Å². The first-order chi connectivity index (χ1) is 8.90. The molecule has 0 radical (unpaired) electrons. The van der Waals surface area contributed by atoms with Gasteiger partial charge in [-0.1, -0.05) is 0 Å². The van der Waals surface area contributed by atoms with Crippen LogP contribution in [-0.2, 0) is 6.18 Å². The van der Waals surface area contributed by atoms with E-state index in [9.17, 15) is 13.2 Å². The van der Waals surface area contributed by atoms with Crippen LogP contribution < -0.4 is 15.2 Å². The lowest BCUT2D eigenvalue weighted by Gasteiger charge is -2.07. The second-order valence-electron chi connectivity index (χ2n) is 3.39. The van der Waals surface area contributed by atoms with Crippen molar-refractivity contribution in [3.05, 3.63) is 24.0 Å². The number of aromatic nitrogens is 2. The average Bonchev–Trinajstić information content (AvgIpc) is 2.80. The summed E-state index contributed by atoms with van der Waals surface area (Å²) in [5.41, 5.74) is 5.89. The van der Waals surface area contributed by atoms with Gasteiger partial charge in [0.25, 0.3) is 11.0 Å². The van der Waals surface area contributed by atoms with Gasteiger partial charge in [0.2, 0.25) is 0 Å². The lowest BCUT2D eigenvalue weighted by molar-refractivity contribution is -0.144. The summed E-state index contributed by atoms with van der Waals surface area (Å²) in [6.45, 7) is 0. The zero-order chi connectivity index (χ0) is 14.0. The van der Waals surface area contributed by atoms with Crippen molar-refractivity contribution in [1.29, 1.82) is 0 Å². The van der Waals surface area contributed by atoms with E-state index in [-0.39, 0.29) is 16.6 Å². The maximum Gasteiger partial charge on any atom is 0.452 e. The Labute approximate surface area is 110 Å². The lowest BCUT2D eigenvalue weighted by Crippen LogP contribution is -2.07. The van der Waals surface area contributed by atoms with Gasteiger partial charge in [-0.05, 0) is 12.1 Å². The molecule has 0 amide bonds. The maximum absolute atomic E-state index is 12.3. The van der Waals surface area contributed by atoms with Gasteiger partial charge in [-0.25, -0.2) is 0 Å². The predicted octanol–water partition coefficient (Wildman–Crippen LogP) is 2.94. The summed E-state index contributed by atoms with van der Waals surface area (Å²) in [6.07, 6.45) is -4.60. The van der Waals surface area contributed by atoms with Crippen molar-refractivity contribution in [3.63, 3.8) is 0 Å². The SMILES string of the molecule is COc1ccc(N)c(Oc2nc(C(F)(F)F)ns2)c1. The van der Waals surface area contributed by atoms with Crippen molar-refractivity contribution < 1.29 is 22.6 Å². The third-order valence-corrected chi connectivity index (χ3v) is 2.67. The van der Waals surface area contributed by atoms with E-state index in [0.29, 0.717) is 17.3 Å². The molecular weight excluding hydrogens is 283 g/mol. The summed E-state index contributed by atoms with van der Waals surface area (Å²) in [6, 6.07) is 4.56. The smallest absolute Gasteiger partial charge is 0.452 e. The van der Waals surface area contributed by atoms with E-state index in [1.807, 2.05) is 0 Å². The third kappa shape index (κ3) is 3.05. The summed E-state index contributed by atoms with van der Waals surface area (Å²) in [5, 5.41) is -0.243. The lowest BCUT2D eigenvalue weighted by atomic mass is 10.3. The van der Waals surface area contributed by atoms with Crippen LogP contribution in [0, 0.1) is 0 Å². The zero-order valence-corrected chi connectivity index (χ0v) is 10.4. The number of hydrogen-bond acceptors (Lipinski definition) is 6. The van der Waals surface area contributed by atoms with Crippen LogP contribution in [0.25, 0.3) is 0 Å². The highest BCUT2D eigenvalue weighted by atomic mass is 32.1. The molecule has 19 heavy (non-hydrogen) atoms. The predicted molar refractivity (Wildman–Crippen MR) is 62.4 cm³/mol. The fraction of sp³-hybridized carbons (Fsp3) is 0.200. The Morgan fingerprint density at radius 2 is 2.05 bits per heavy atom. The monoisotopic (exact) mass is 291 g/mol. The molecule has 0 bridgehead atoms. The van der Waals surface area contributed by atoms with Crippen LogP contribution in [0.1, 0.15) is 5.82 Å². The molecule has 0 aliphatic carbocycles. The molecule has 0 unspecified atom stereocenters. The van der Waals surface area contributed by atoms with Crippen molar-refractivity contribution in [2.45, 2.75) is 6.18 Å². The van der Waals surface area contributed by atoms with Gasteiger partial charge in [-0.3, -0.25) is 0 Å². The van der Waals surface area contributed by atoms with E-state index >= 15 is 0 Å². The minimum Gasteiger partial charge on any atom is -0.497 e. The first-order valence-corrected chi connectivity index (χ1v) is 5.70. The quantitative estimate of drug-likeness (QED) is 0.880. The molecule has 0 atom stereocenters. The molecule has 0 fully saturated rings. The maximum atomic E-state index is 12.3. The van der Waals surface area contributed by atoms with Crippen molar-refractivity contribution in [2.24, 2.45) is 0 Å². The second kappa shape index (κ2) is 4.92. The van der Waals surface area contributed by atoms with E-state index in [0.717, 1.165) is 0 Å². The molecule has 0 spiro atoms. The van der Waals surface area contributed by atoms with Gasteiger partial charge in [-0.2, -0.15) is 22.5 Å². The highest BCUT2D eigenvalue weighted by molar-refractivity contribution is 7.07. The normalized spacial score (nSPS) is 11.4. The summed E-state index contributed by atoms with van der Waals surface area (Å²) in [4.78, 5) is 3.24. The Hall–Kier alpha value is -2.03. The number of nitrogen functional groups attached to an aromatic ring is 1. The topological polar surface area (TPSA) is 70.3 Å². The summed E-state index contributed by atoms with van der Waals surface area (Å²) >= 11 is 0.494. The Morgan fingerprint density at radius 1 is 1.32 bits per heavy atom. The van der Waals surface area contributed by atoms with Gasteiger partial charge in [0.1, 0.15) is 5.75 Å².